The molecule has 1 aliphatic heterocycles. The molecule has 1 heterocycles. The van der Waals surface area contributed by atoms with E-state index in [1.807, 2.05) is 48.5 Å². The lowest BCUT2D eigenvalue weighted by Gasteiger charge is -2.21. The quantitative estimate of drug-likeness (QED) is 0.892. The van der Waals surface area contributed by atoms with Crippen LogP contribution in [-0.4, -0.2) is 30.8 Å². The molecule has 120 valence electrons. The molecule has 2 amide bonds. The van der Waals surface area contributed by atoms with Crippen molar-refractivity contribution in [3.05, 3.63) is 65.7 Å². The second-order valence-electron chi connectivity index (χ2n) is 5.84. The molecule has 23 heavy (non-hydrogen) atoms. The van der Waals surface area contributed by atoms with Crippen molar-refractivity contribution >= 4 is 11.7 Å². The second kappa shape index (κ2) is 7.29. The van der Waals surface area contributed by atoms with Gasteiger partial charge < -0.3 is 10.4 Å². The molecule has 4 nitrogen and oxygen atoms in total. The van der Waals surface area contributed by atoms with E-state index in [1.54, 1.807) is 4.90 Å². The van der Waals surface area contributed by atoms with E-state index < -0.39 is 0 Å². The van der Waals surface area contributed by atoms with Crippen molar-refractivity contribution in [1.82, 2.24) is 5.32 Å². The van der Waals surface area contributed by atoms with Crippen molar-refractivity contribution in [3.8, 4) is 0 Å². The Kier molecular flexibility index (Phi) is 4.93. The lowest BCUT2D eigenvalue weighted by Crippen LogP contribution is -2.40. The third-order valence-electron chi connectivity index (χ3n) is 4.38. The average Bonchev–Trinajstić information content (AvgIpc) is 3.03. The lowest BCUT2D eigenvalue weighted by atomic mass is 9.96. The topological polar surface area (TPSA) is 52.6 Å². The van der Waals surface area contributed by atoms with Gasteiger partial charge in [0, 0.05) is 31.3 Å². The summed E-state index contributed by atoms with van der Waals surface area (Å²) in [7, 11) is 0. The molecule has 1 unspecified atom stereocenters. The average molecular weight is 310 g/mol. The minimum Gasteiger partial charge on any atom is -0.396 e. The van der Waals surface area contributed by atoms with Crippen LogP contribution in [0.3, 0.4) is 0 Å². The van der Waals surface area contributed by atoms with Crippen LogP contribution in [0.15, 0.2) is 54.6 Å². The van der Waals surface area contributed by atoms with Crippen LogP contribution in [0, 0.1) is 0 Å². The Bertz CT molecular complexity index is 657. The normalized spacial score (nSPS) is 14.4. The monoisotopic (exact) mass is 310 g/mol. The van der Waals surface area contributed by atoms with Crippen molar-refractivity contribution in [3.63, 3.8) is 0 Å². The predicted molar refractivity (Wildman–Crippen MR) is 91.8 cm³/mol. The summed E-state index contributed by atoms with van der Waals surface area (Å²) in [5, 5.41) is 12.3. The standard InChI is InChI=1S/C19H22N2O2/c22-13-11-17(15-6-2-1-3-7-15)14-20-19(23)21-12-10-16-8-4-5-9-18(16)21/h1-9,17,22H,10-14H2,(H,20,23). The van der Waals surface area contributed by atoms with E-state index >= 15 is 0 Å². The number of aliphatic hydroxyl groups is 1. The maximum absolute atomic E-state index is 12.5. The molecular formula is C19H22N2O2. The van der Waals surface area contributed by atoms with Crippen LogP contribution in [0.4, 0.5) is 10.5 Å². The Balaban J connectivity index is 1.64. The van der Waals surface area contributed by atoms with E-state index in [0.717, 1.165) is 24.2 Å². The molecule has 3 rings (SSSR count). The van der Waals surface area contributed by atoms with E-state index in [9.17, 15) is 9.90 Å². The molecule has 0 aliphatic carbocycles. The van der Waals surface area contributed by atoms with Crippen LogP contribution < -0.4 is 10.2 Å². The lowest BCUT2D eigenvalue weighted by molar-refractivity contribution is 0.243. The highest BCUT2D eigenvalue weighted by molar-refractivity contribution is 5.94. The number of benzene rings is 2. The minimum absolute atomic E-state index is 0.0613. The van der Waals surface area contributed by atoms with Crippen molar-refractivity contribution in [1.29, 1.82) is 0 Å². The van der Waals surface area contributed by atoms with Crippen LogP contribution in [0.1, 0.15) is 23.5 Å². The molecule has 0 saturated heterocycles. The summed E-state index contributed by atoms with van der Waals surface area (Å²) in [5.74, 6) is 0.128. The number of nitrogens with one attached hydrogen (secondary N) is 1. The summed E-state index contributed by atoms with van der Waals surface area (Å²) in [4.78, 5) is 14.3. The number of fused-ring (bicyclic) bond motifs is 1. The zero-order valence-electron chi connectivity index (χ0n) is 13.1. The van der Waals surface area contributed by atoms with Crippen molar-refractivity contribution < 1.29 is 9.90 Å². The van der Waals surface area contributed by atoms with Gasteiger partial charge in [-0.1, -0.05) is 48.5 Å². The van der Waals surface area contributed by atoms with Gasteiger partial charge in [0.2, 0.25) is 0 Å². The van der Waals surface area contributed by atoms with Gasteiger partial charge in [-0.25, -0.2) is 4.79 Å². The van der Waals surface area contributed by atoms with E-state index in [2.05, 4.69) is 11.4 Å². The summed E-state index contributed by atoms with van der Waals surface area (Å²) >= 11 is 0. The van der Waals surface area contributed by atoms with Crippen LogP contribution in [0.25, 0.3) is 0 Å². The number of rotatable bonds is 5. The minimum atomic E-state index is -0.0613. The Hall–Kier alpha value is -2.33. The van der Waals surface area contributed by atoms with Crippen LogP contribution >= 0.6 is 0 Å². The zero-order chi connectivity index (χ0) is 16.1. The zero-order valence-corrected chi connectivity index (χ0v) is 13.1. The summed E-state index contributed by atoms with van der Waals surface area (Å²) in [6.07, 6.45) is 1.54. The number of nitrogens with zero attached hydrogens (tertiary/aromatic N) is 1. The first kappa shape index (κ1) is 15.6. The van der Waals surface area contributed by atoms with Crippen LogP contribution in [0.5, 0.6) is 0 Å². The smallest absolute Gasteiger partial charge is 0.321 e. The van der Waals surface area contributed by atoms with Gasteiger partial charge in [-0.3, -0.25) is 4.90 Å². The Morgan fingerprint density at radius 3 is 2.65 bits per heavy atom. The number of urea groups is 1. The summed E-state index contributed by atoms with van der Waals surface area (Å²) in [5.41, 5.74) is 3.37. The number of amides is 2. The number of para-hydroxylation sites is 1. The highest BCUT2D eigenvalue weighted by Gasteiger charge is 2.24. The van der Waals surface area contributed by atoms with Gasteiger partial charge >= 0.3 is 6.03 Å². The summed E-state index contributed by atoms with van der Waals surface area (Å²) < 4.78 is 0. The summed E-state index contributed by atoms with van der Waals surface area (Å²) in [6.45, 7) is 1.37. The largest absolute Gasteiger partial charge is 0.396 e. The predicted octanol–water partition coefficient (Wildman–Crippen LogP) is 2.92. The van der Waals surface area contributed by atoms with E-state index in [1.165, 1.54) is 5.56 Å². The molecule has 2 aromatic carbocycles. The fourth-order valence-corrected chi connectivity index (χ4v) is 3.12. The number of carbonyl (C=O) groups is 1. The van der Waals surface area contributed by atoms with E-state index in [-0.39, 0.29) is 18.6 Å². The molecule has 0 aromatic heterocycles. The number of carbonyl (C=O) groups excluding carboxylic acids is 1. The molecule has 1 atom stereocenters. The molecule has 0 bridgehead atoms. The van der Waals surface area contributed by atoms with Crippen molar-refractivity contribution in [2.75, 3.05) is 24.6 Å². The number of anilines is 1. The molecule has 0 radical (unpaired) electrons. The molecule has 4 heteroatoms. The second-order valence-corrected chi connectivity index (χ2v) is 5.84. The Labute approximate surface area is 136 Å². The first-order valence-corrected chi connectivity index (χ1v) is 8.08. The maximum Gasteiger partial charge on any atom is 0.321 e. The number of aliphatic hydroxyl groups excluding tert-OH is 1. The van der Waals surface area contributed by atoms with Crippen LogP contribution in [0.2, 0.25) is 0 Å². The third-order valence-corrected chi connectivity index (χ3v) is 4.38. The molecule has 1 aliphatic rings. The first-order chi connectivity index (χ1) is 11.3. The SMILES string of the molecule is O=C(NCC(CCO)c1ccccc1)N1CCc2ccccc21. The molecule has 2 N–H and O–H groups in total. The highest BCUT2D eigenvalue weighted by atomic mass is 16.3. The van der Waals surface area contributed by atoms with E-state index in [4.69, 9.17) is 0 Å². The fourth-order valence-electron chi connectivity index (χ4n) is 3.12. The fraction of sp³-hybridized carbons (Fsp3) is 0.316. The first-order valence-electron chi connectivity index (χ1n) is 8.08. The Morgan fingerprint density at radius 1 is 1.13 bits per heavy atom. The highest BCUT2D eigenvalue weighted by Crippen LogP contribution is 2.27. The van der Waals surface area contributed by atoms with Gasteiger partial charge in [-0.05, 0) is 30.0 Å². The third kappa shape index (κ3) is 3.54. The van der Waals surface area contributed by atoms with Crippen molar-refractivity contribution in [2.24, 2.45) is 0 Å². The van der Waals surface area contributed by atoms with Gasteiger partial charge in [0.1, 0.15) is 0 Å². The molecule has 2 aromatic rings. The molecule has 0 saturated carbocycles. The van der Waals surface area contributed by atoms with Crippen LogP contribution in [-0.2, 0) is 6.42 Å². The Morgan fingerprint density at radius 2 is 1.87 bits per heavy atom. The summed E-state index contributed by atoms with van der Waals surface area (Å²) in [6, 6.07) is 18.0. The number of hydrogen-bond donors (Lipinski definition) is 2. The van der Waals surface area contributed by atoms with Gasteiger partial charge in [-0.15, -0.1) is 0 Å². The van der Waals surface area contributed by atoms with Gasteiger partial charge in [0.05, 0.1) is 0 Å². The van der Waals surface area contributed by atoms with Crippen molar-refractivity contribution in [2.45, 2.75) is 18.8 Å². The van der Waals surface area contributed by atoms with Gasteiger partial charge in [0.25, 0.3) is 0 Å². The number of hydrogen-bond acceptors (Lipinski definition) is 2. The maximum atomic E-state index is 12.5. The molecular weight excluding hydrogens is 288 g/mol. The molecule has 0 spiro atoms. The molecule has 0 fully saturated rings. The van der Waals surface area contributed by atoms with E-state index in [0.29, 0.717) is 13.0 Å². The van der Waals surface area contributed by atoms with Gasteiger partial charge in [-0.2, -0.15) is 0 Å². The van der Waals surface area contributed by atoms with Gasteiger partial charge in [0.15, 0.2) is 0 Å².